The molecule has 1 aliphatic heterocycles. The molecule has 160 valence electrons. The van der Waals surface area contributed by atoms with Gasteiger partial charge in [-0.3, -0.25) is 4.79 Å². The van der Waals surface area contributed by atoms with Crippen LogP contribution in [0.15, 0.2) is 18.2 Å². The van der Waals surface area contributed by atoms with Crippen molar-refractivity contribution in [3.63, 3.8) is 0 Å². The van der Waals surface area contributed by atoms with E-state index in [2.05, 4.69) is 10.6 Å². The zero-order valence-corrected chi connectivity index (χ0v) is 16.3. The highest BCUT2D eigenvalue weighted by Crippen LogP contribution is 2.33. The van der Waals surface area contributed by atoms with Crippen LogP contribution in [0.3, 0.4) is 0 Å². The number of carboxylic acids is 1. The van der Waals surface area contributed by atoms with Gasteiger partial charge in [-0.1, -0.05) is 12.1 Å². The number of hydrogen-bond donors (Lipinski definition) is 6. The monoisotopic (exact) mass is 406 g/mol. The van der Waals surface area contributed by atoms with Gasteiger partial charge in [0.05, 0.1) is 11.3 Å². The van der Waals surface area contributed by atoms with Crippen LogP contribution in [0.5, 0.6) is 5.75 Å². The maximum Gasteiger partial charge on any atom is 0.452 e. The molecule has 1 aromatic carbocycles. The Labute approximate surface area is 169 Å². The van der Waals surface area contributed by atoms with Crippen LogP contribution in [0.25, 0.3) is 0 Å². The SMILES string of the molecule is NCCNC1CCC(CC(=O)N[C@H]2Cc3cccc(C(=O)O)c3O[B-]2(O)O)CC1. The number of rotatable bonds is 7. The summed E-state index contributed by atoms with van der Waals surface area (Å²) in [6, 6.07) is 5.00. The summed E-state index contributed by atoms with van der Waals surface area (Å²) >= 11 is 0. The molecule has 0 bridgehead atoms. The van der Waals surface area contributed by atoms with E-state index in [1.54, 1.807) is 12.1 Å². The summed E-state index contributed by atoms with van der Waals surface area (Å²) in [6.45, 7) is -2.02. The molecule has 2 aliphatic rings. The van der Waals surface area contributed by atoms with Crippen LogP contribution >= 0.6 is 0 Å². The van der Waals surface area contributed by atoms with Gasteiger partial charge in [-0.2, -0.15) is 0 Å². The number of aromatic carboxylic acids is 1. The molecule has 0 unspecified atom stereocenters. The lowest BCUT2D eigenvalue weighted by Gasteiger charge is -2.44. The van der Waals surface area contributed by atoms with Crippen molar-refractivity contribution in [2.75, 3.05) is 13.1 Å². The van der Waals surface area contributed by atoms with Crippen molar-refractivity contribution in [3.05, 3.63) is 29.3 Å². The van der Waals surface area contributed by atoms with Crippen LogP contribution in [0.1, 0.15) is 48.0 Å². The summed E-state index contributed by atoms with van der Waals surface area (Å²) in [5, 5.41) is 36.0. The first-order chi connectivity index (χ1) is 13.8. The lowest BCUT2D eigenvalue weighted by atomic mass is 9.64. The smallest absolute Gasteiger partial charge is 0.452 e. The Hall–Kier alpha value is -2.14. The van der Waals surface area contributed by atoms with Gasteiger partial charge < -0.3 is 36.2 Å². The summed E-state index contributed by atoms with van der Waals surface area (Å²) in [4.78, 5) is 23.8. The van der Waals surface area contributed by atoms with E-state index < -0.39 is 18.7 Å². The number of carbonyl (C=O) groups is 2. The van der Waals surface area contributed by atoms with Gasteiger partial charge in [0.15, 0.2) is 0 Å². The minimum atomic E-state index is -3.42. The average Bonchev–Trinajstić information content (AvgIpc) is 2.67. The Morgan fingerprint density at radius 1 is 1.21 bits per heavy atom. The molecule has 1 aromatic rings. The molecule has 0 saturated heterocycles. The Morgan fingerprint density at radius 3 is 2.59 bits per heavy atom. The van der Waals surface area contributed by atoms with E-state index in [1.165, 1.54) is 6.07 Å². The second-order valence-corrected chi connectivity index (χ2v) is 8.02. The molecule has 3 rings (SSSR count). The third-order valence-electron chi connectivity index (χ3n) is 5.83. The molecule has 1 aliphatic carbocycles. The van der Waals surface area contributed by atoms with Crippen LogP contribution in [-0.2, 0) is 11.2 Å². The summed E-state index contributed by atoms with van der Waals surface area (Å²) < 4.78 is 5.23. The molecular formula is C19H29BN3O6-. The molecule has 1 saturated carbocycles. The standard InChI is InChI=1S/C19H29BN3O6/c21-8-9-22-14-6-4-12(5-7-14)10-17(24)23-16-11-13-2-1-3-15(19(25)26)18(13)29-20(16,27)28/h1-3,12,14,16,22,27-28H,4-11,21H2,(H,23,24)(H,25,26)/q-1/t12?,14?,16-/m0/s1. The van der Waals surface area contributed by atoms with Crippen LogP contribution in [-0.4, -0.2) is 58.9 Å². The molecular weight excluding hydrogens is 377 g/mol. The van der Waals surface area contributed by atoms with Crippen molar-refractivity contribution < 1.29 is 29.4 Å². The van der Waals surface area contributed by atoms with E-state index in [0.717, 1.165) is 32.2 Å². The highest BCUT2D eigenvalue weighted by atomic mass is 16.6. The van der Waals surface area contributed by atoms with Gasteiger partial charge in [-0.15, -0.1) is 0 Å². The van der Waals surface area contributed by atoms with E-state index >= 15 is 0 Å². The summed E-state index contributed by atoms with van der Waals surface area (Å²) in [6.07, 6.45) is 4.24. The van der Waals surface area contributed by atoms with E-state index in [4.69, 9.17) is 10.4 Å². The van der Waals surface area contributed by atoms with E-state index in [9.17, 15) is 24.7 Å². The van der Waals surface area contributed by atoms with Gasteiger partial charge in [-0.25, -0.2) is 4.79 Å². The number of carbonyl (C=O) groups excluding carboxylic acids is 1. The van der Waals surface area contributed by atoms with Crippen LogP contribution in [0.2, 0.25) is 0 Å². The lowest BCUT2D eigenvalue weighted by molar-refractivity contribution is -0.123. The summed E-state index contributed by atoms with van der Waals surface area (Å²) in [5.41, 5.74) is 5.89. The van der Waals surface area contributed by atoms with E-state index in [-0.39, 0.29) is 29.6 Å². The molecule has 9 nitrogen and oxygen atoms in total. The molecule has 0 aromatic heterocycles. The molecule has 0 spiro atoms. The fraction of sp³-hybridized carbons (Fsp3) is 0.579. The number of benzene rings is 1. The number of para-hydroxylation sites is 1. The van der Waals surface area contributed by atoms with Crippen LogP contribution in [0, 0.1) is 5.92 Å². The normalized spacial score (nSPS) is 25.6. The minimum Gasteiger partial charge on any atom is -0.668 e. The Kier molecular flexibility index (Phi) is 6.79. The quantitative estimate of drug-likeness (QED) is 0.339. The Bertz CT molecular complexity index is 751. The van der Waals surface area contributed by atoms with Gasteiger partial charge in [0.25, 0.3) is 0 Å². The summed E-state index contributed by atoms with van der Waals surface area (Å²) in [5.74, 6) is -2.31. The first-order valence-corrected chi connectivity index (χ1v) is 10.2. The topological polar surface area (TPSA) is 154 Å². The second kappa shape index (κ2) is 9.12. The van der Waals surface area contributed by atoms with Gasteiger partial charge in [0.2, 0.25) is 5.91 Å². The third kappa shape index (κ3) is 5.27. The molecule has 10 heteroatoms. The molecule has 1 atom stereocenters. The van der Waals surface area contributed by atoms with Crippen molar-refractivity contribution in [1.82, 2.24) is 10.6 Å². The number of amides is 1. The van der Waals surface area contributed by atoms with Crippen molar-refractivity contribution in [2.24, 2.45) is 11.7 Å². The first-order valence-electron chi connectivity index (χ1n) is 10.2. The molecule has 7 N–H and O–H groups in total. The predicted octanol–water partition coefficient (Wildman–Crippen LogP) is -0.236. The largest absolute Gasteiger partial charge is 0.668 e. The van der Waals surface area contributed by atoms with Crippen LogP contribution in [0.4, 0.5) is 0 Å². The maximum absolute atomic E-state index is 12.5. The minimum absolute atomic E-state index is 0.0567. The zero-order chi connectivity index (χ0) is 21.0. The number of nitrogens with one attached hydrogen (secondary N) is 2. The molecule has 29 heavy (non-hydrogen) atoms. The van der Waals surface area contributed by atoms with Gasteiger partial charge in [0.1, 0.15) is 0 Å². The molecule has 1 heterocycles. The second-order valence-electron chi connectivity index (χ2n) is 8.02. The number of hydrogen-bond acceptors (Lipinski definition) is 7. The molecule has 1 amide bonds. The van der Waals surface area contributed by atoms with Gasteiger partial charge in [0, 0.05) is 31.5 Å². The number of carboxylic acid groups (broad SMARTS) is 1. The fourth-order valence-electron chi connectivity index (χ4n) is 4.24. The average molecular weight is 406 g/mol. The van der Waals surface area contributed by atoms with Crippen molar-refractivity contribution >= 4 is 18.6 Å². The fourth-order valence-corrected chi connectivity index (χ4v) is 4.24. The Balaban J connectivity index is 1.57. The Morgan fingerprint density at radius 2 is 1.93 bits per heavy atom. The number of fused-ring (bicyclic) bond motifs is 1. The van der Waals surface area contributed by atoms with Crippen molar-refractivity contribution in [1.29, 1.82) is 0 Å². The third-order valence-corrected chi connectivity index (χ3v) is 5.83. The highest BCUT2D eigenvalue weighted by molar-refractivity contribution is 6.61. The zero-order valence-electron chi connectivity index (χ0n) is 16.3. The van der Waals surface area contributed by atoms with Gasteiger partial charge >= 0.3 is 12.7 Å². The van der Waals surface area contributed by atoms with E-state index in [1.807, 2.05) is 0 Å². The predicted molar refractivity (Wildman–Crippen MR) is 107 cm³/mol. The van der Waals surface area contributed by atoms with E-state index in [0.29, 0.717) is 24.6 Å². The number of nitrogens with two attached hydrogens (primary N) is 1. The van der Waals surface area contributed by atoms with Crippen molar-refractivity contribution in [2.45, 2.75) is 50.5 Å². The molecule has 1 fully saturated rings. The van der Waals surface area contributed by atoms with Crippen LogP contribution < -0.4 is 21.0 Å². The lowest BCUT2D eigenvalue weighted by Crippen LogP contribution is -2.64. The highest BCUT2D eigenvalue weighted by Gasteiger charge is 2.41. The van der Waals surface area contributed by atoms with Gasteiger partial charge in [-0.05, 0) is 49.7 Å². The molecule has 0 radical (unpaired) electrons. The first kappa shape index (κ1) is 21.6. The maximum atomic E-state index is 12.5. The van der Waals surface area contributed by atoms with Crippen molar-refractivity contribution in [3.8, 4) is 5.75 Å². The summed E-state index contributed by atoms with van der Waals surface area (Å²) in [7, 11) is 0.